The molecule has 0 unspecified atom stereocenters. The molecule has 2 nitrogen and oxygen atoms in total. The molecule has 5 aromatic carbocycles. The molecule has 58 heavy (non-hydrogen) atoms. The first kappa shape index (κ1) is 78.1. The van der Waals surface area contributed by atoms with Crippen LogP contribution in [0.2, 0.25) is 0 Å². The molecule has 338 valence electrons. The molecule has 0 aliphatic rings. The first-order valence-electron chi connectivity index (χ1n) is 23.2. The summed E-state index contributed by atoms with van der Waals surface area (Å²) in [7, 11) is 4.19. The van der Waals surface area contributed by atoms with Crippen LogP contribution in [0.25, 0.3) is 0 Å². The molecule has 0 atom stereocenters. The third-order valence-corrected chi connectivity index (χ3v) is 5.34. The Morgan fingerprint density at radius 3 is 0.431 bits per heavy atom. The van der Waals surface area contributed by atoms with E-state index in [0.29, 0.717) is 0 Å². The Morgan fingerprint density at radius 1 is 0.224 bits per heavy atom. The van der Waals surface area contributed by atoms with Gasteiger partial charge in [0, 0.05) is 38.6 Å². The largest absolute Gasteiger partial charge is 0.375 e. The van der Waals surface area contributed by atoms with E-state index < -0.39 is 0 Å². The molecular formula is C56H104N2. The van der Waals surface area contributed by atoms with E-state index in [2.05, 4.69) is 86.3 Å². The highest BCUT2D eigenvalue weighted by Gasteiger charge is 1.93. The van der Waals surface area contributed by atoms with Gasteiger partial charge in [-0.2, -0.15) is 0 Å². The summed E-state index contributed by atoms with van der Waals surface area (Å²) in [6, 6.07) is 56.8. The van der Waals surface area contributed by atoms with Crippen LogP contribution in [-0.4, -0.2) is 27.2 Å². The van der Waals surface area contributed by atoms with Crippen LogP contribution in [0, 0.1) is 0 Å². The predicted octanol–water partition coefficient (Wildman–Crippen LogP) is 19.6. The average Bonchev–Trinajstić information content (AvgIpc) is 3.40. The maximum Gasteiger partial charge on any atom is 0.0363 e. The summed E-state index contributed by atoms with van der Waals surface area (Å²) < 4.78 is 0. The Kier molecular flexibility index (Phi) is 133. The zero-order valence-electron chi connectivity index (χ0n) is 43.5. The summed E-state index contributed by atoms with van der Waals surface area (Å²) in [6.45, 7) is 46.4. The van der Waals surface area contributed by atoms with Gasteiger partial charge in [0.25, 0.3) is 0 Å². The maximum atomic E-state index is 2.21. The predicted molar refractivity (Wildman–Crippen MR) is 284 cm³/mol. The minimum absolute atomic E-state index is 1.06. The van der Waals surface area contributed by atoms with Crippen molar-refractivity contribution < 1.29 is 0 Å². The zero-order valence-corrected chi connectivity index (χ0v) is 43.5. The van der Waals surface area contributed by atoms with Crippen molar-refractivity contribution in [2.24, 2.45) is 0 Å². The molecule has 0 radical (unpaired) electrons. The Hall–Kier alpha value is -4.30. The molecule has 5 aromatic rings. The number of benzene rings is 5. The molecule has 2 heteroatoms. The highest BCUT2D eigenvalue weighted by atomic mass is 15.1. The third kappa shape index (κ3) is 76.4. The molecule has 0 aliphatic carbocycles. The van der Waals surface area contributed by atoms with Crippen LogP contribution in [-0.2, 0) is 0 Å². The number of nitrogens with zero attached hydrogens (tertiary/aromatic N) is 2. The molecule has 0 aromatic heterocycles. The van der Waals surface area contributed by atoms with E-state index in [1.807, 2.05) is 260 Å². The zero-order chi connectivity index (χ0) is 47.5. The van der Waals surface area contributed by atoms with Gasteiger partial charge in [-0.05, 0) is 38.1 Å². The van der Waals surface area contributed by atoms with Crippen molar-refractivity contribution in [3.8, 4) is 0 Å². The van der Waals surface area contributed by atoms with E-state index in [-0.39, 0.29) is 0 Å². The van der Waals surface area contributed by atoms with Gasteiger partial charge in [0.2, 0.25) is 0 Å². The van der Waals surface area contributed by atoms with E-state index in [1.165, 1.54) is 11.4 Å². The summed E-state index contributed by atoms with van der Waals surface area (Å²) in [4.78, 5) is 4.42. The van der Waals surface area contributed by atoms with E-state index in [0.717, 1.165) is 13.1 Å². The Balaban J connectivity index is -0.0000000565. The van der Waals surface area contributed by atoms with Gasteiger partial charge in [-0.15, -0.1) is 0 Å². The third-order valence-electron chi connectivity index (χ3n) is 5.34. The van der Waals surface area contributed by atoms with Gasteiger partial charge >= 0.3 is 0 Å². The topological polar surface area (TPSA) is 6.48 Å². The first-order chi connectivity index (χ1) is 28.7. The van der Waals surface area contributed by atoms with Crippen LogP contribution < -0.4 is 9.80 Å². The molecule has 5 rings (SSSR count). The second-order valence-electron chi connectivity index (χ2n) is 8.16. The van der Waals surface area contributed by atoms with E-state index in [1.54, 1.807) is 0 Å². The minimum Gasteiger partial charge on any atom is -0.375 e. The SMILES string of the molecule is CC.CC.CC.CC.CC.CC.CC.CC.CC.CC.CCN(C)c1ccccc1.CCN(C)c1ccccc1.c1ccccc1.c1ccccc1.c1ccccc1. The average molecular weight is 805 g/mol. The van der Waals surface area contributed by atoms with Gasteiger partial charge < -0.3 is 9.80 Å². The quantitative estimate of drug-likeness (QED) is 0.179. The fourth-order valence-corrected chi connectivity index (χ4v) is 2.88. The van der Waals surface area contributed by atoms with Gasteiger partial charge in [0.15, 0.2) is 0 Å². The van der Waals surface area contributed by atoms with Gasteiger partial charge in [-0.3, -0.25) is 0 Å². The summed E-state index contributed by atoms with van der Waals surface area (Å²) in [5.74, 6) is 0. The Bertz CT molecular complexity index is 887. The van der Waals surface area contributed by atoms with Crippen molar-refractivity contribution in [3.63, 3.8) is 0 Å². The number of anilines is 2. The van der Waals surface area contributed by atoms with Crippen molar-refractivity contribution in [1.82, 2.24) is 0 Å². The second kappa shape index (κ2) is 99.1. The van der Waals surface area contributed by atoms with E-state index >= 15 is 0 Å². The molecule has 0 aliphatic heterocycles. The van der Waals surface area contributed by atoms with Crippen molar-refractivity contribution in [2.45, 2.75) is 152 Å². The normalized spacial score (nSPS) is 6.76. The number of hydrogen-bond acceptors (Lipinski definition) is 2. The lowest BCUT2D eigenvalue weighted by Crippen LogP contribution is -2.15. The molecule has 0 fully saturated rings. The van der Waals surface area contributed by atoms with Crippen LogP contribution in [0.15, 0.2) is 170 Å². The van der Waals surface area contributed by atoms with Crippen LogP contribution in [0.5, 0.6) is 0 Å². The number of rotatable bonds is 4. The molecule has 0 saturated carbocycles. The highest BCUT2D eigenvalue weighted by Crippen LogP contribution is 2.10. The van der Waals surface area contributed by atoms with Crippen LogP contribution >= 0.6 is 0 Å². The Labute approximate surface area is 369 Å². The minimum atomic E-state index is 1.06. The van der Waals surface area contributed by atoms with Gasteiger partial charge in [-0.1, -0.05) is 284 Å². The van der Waals surface area contributed by atoms with Gasteiger partial charge in [0.05, 0.1) is 0 Å². The fraction of sp³-hybridized carbons (Fsp3) is 0.464. The van der Waals surface area contributed by atoms with Crippen molar-refractivity contribution in [3.05, 3.63) is 170 Å². The fourth-order valence-electron chi connectivity index (χ4n) is 2.88. The van der Waals surface area contributed by atoms with Crippen molar-refractivity contribution in [1.29, 1.82) is 0 Å². The van der Waals surface area contributed by atoms with Gasteiger partial charge in [0.1, 0.15) is 0 Å². The number of para-hydroxylation sites is 2. The Morgan fingerprint density at radius 2 is 0.328 bits per heavy atom. The monoisotopic (exact) mass is 805 g/mol. The van der Waals surface area contributed by atoms with Crippen LogP contribution in [0.3, 0.4) is 0 Å². The molecule has 0 heterocycles. The highest BCUT2D eigenvalue weighted by molar-refractivity contribution is 5.45. The van der Waals surface area contributed by atoms with Crippen LogP contribution in [0.1, 0.15) is 152 Å². The summed E-state index contributed by atoms with van der Waals surface area (Å²) in [6.07, 6.45) is 0. The molecule has 0 saturated heterocycles. The molecule has 0 N–H and O–H groups in total. The standard InChI is InChI=1S/2C9H13N.3C6H6.10C2H6/c2*1-3-10(2)9-7-5-4-6-8-9;3*1-2-4-6-5-3-1;10*1-2/h2*4-8H,3H2,1-2H3;3*1-6H;10*1-2H3. The molecule has 0 spiro atoms. The summed E-state index contributed by atoms with van der Waals surface area (Å²) in [5, 5.41) is 0. The summed E-state index contributed by atoms with van der Waals surface area (Å²) >= 11 is 0. The maximum absolute atomic E-state index is 2.21. The van der Waals surface area contributed by atoms with Gasteiger partial charge in [-0.25, -0.2) is 0 Å². The molecule has 0 amide bonds. The molecule has 0 bridgehead atoms. The lowest BCUT2D eigenvalue weighted by Gasteiger charge is -2.15. The van der Waals surface area contributed by atoms with Crippen LogP contribution in [0.4, 0.5) is 11.4 Å². The number of hydrogen-bond donors (Lipinski definition) is 0. The molecular weight excluding hydrogens is 701 g/mol. The lowest BCUT2D eigenvalue weighted by atomic mass is 10.3. The van der Waals surface area contributed by atoms with Crippen molar-refractivity contribution >= 4 is 11.4 Å². The smallest absolute Gasteiger partial charge is 0.0363 e. The second-order valence-corrected chi connectivity index (χ2v) is 8.16. The van der Waals surface area contributed by atoms with E-state index in [4.69, 9.17) is 0 Å². The first-order valence-corrected chi connectivity index (χ1v) is 23.2. The van der Waals surface area contributed by atoms with Crippen molar-refractivity contribution in [2.75, 3.05) is 37.0 Å². The lowest BCUT2D eigenvalue weighted by molar-refractivity contribution is 0.968. The van der Waals surface area contributed by atoms with E-state index in [9.17, 15) is 0 Å². The summed E-state index contributed by atoms with van der Waals surface area (Å²) in [5.41, 5.74) is 2.56.